The number of carbonyl (C=O) groups excluding carboxylic acids is 1. The number of thiazole rings is 1. The van der Waals surface area contributed by atoms with Crippen LogP contribution in [0.1, 0.15) is 44.9 Å². The van der Waals surface area contributed by atoms with Crippen LogP contribution in [0, 0.1) is 0 Å². The number of hydrogen-bond donors (Lipinski definition) is 0. The Labute approximate surface area is 256 Å². The van der Waals surface area contributed by atoms with Crippen molar-refractivity contribution in [3.63, 3.8) is 0 Å². The molecule has 1 atom stereocenters. The van der Waals surface area contributed by atoms with Crippen molar-refractivity contribution in [2.45, 2.75) is 39.8 Å². The van der Waals surface area contributed by atoms with E-state index in [-0.39, 0.29) is 30.5 Å². The van der Waals surface area contributed by atoms with Crippen LogP contribution in [0.15, 0.2) is 68.5 Å². The van der Waals surface area contributed by atoms with Gasteiger partial charge in [-0.1, -0.05) is 46.0 Å². The number of hydrogen-bond acceptors (Lipinski definition) is 9. The highest BCUT2D eigenvalue weighted by Crippen LogP contribution is 2.37. The number of carbonyl (C=O) groups is 1. The predicted molar refractivity (Wildman–Crippen MR) is 166 cm³/mol. The quantitative estimate of drug-likeness (QED) is 0.213. The highest BCUT2D eigenvalue weighted by molar-refractivity contribution is 9.10. The Balaban J connectivity index is 1.97. The van der Waals surface area contributed by atoms with Gasteiger partial charge in [0.25, 0.3) is 5.56 Å². The van der Waals surface area contributed by atoms with E-state index in [0.717, 1.165) is 4.47 Å². The van der Waals surface area contributed by atoms with E-state index in [0.29, 0.717) is 49.2 Å². The number of allylic oxidation sites excluding steroid dienone is 1. The molecule has 0 bridgehead atoms. The molecule has 2 aromatic carbocycles. The lowest BCUT2D eigenvalue weighted by molar-refractivity contribution is -0.139. The summed E-state index contributed by atoms with van der Waals surface area (Å²) in [6, 6.07) is 8.19. The molecule has 0 unspecified atom stereocenters. The van der Waals surface area contributed by atoms with Crippen LogP contribution in [0.2, 0.25) is 0 Å². The minimum atomic E-state index is -0.807. The number of esters is 1. The minimum absolute atomic E-state index is 0.0725. The van der Waals surface area contributed by atoms with Crippen molar-refractivity contribution >= 4 is 39.3 Å². The third-order valence-electron chi connectivity index (χ3n) is 6.28. The molecule has 0 spiro atoms. The van der Waals surface area contributed by atoms with Crippen LogP contribution < -0.4 is 33.8 Å². The van der Waals surface area contributed by atoms with E-state index in [2.05, 4.69) is 27.5 Å². The summed E-state index contributed by atoms with van der Waals surface area (Å²) in [6.45, 7) is 11.5. The van der Waals surface area contributed by atoms with Crippen molar-refractivity contribution in [2.24, 2.45) is 4.99 Å². The summed E-state index contributed by atoms with van der Waals surface area (Å²) in [6.07, 6.45) is 3.29. The van der Waals surface area contributed by atoms with Gasteiger partial charge < -0.3 is 23.7 Å². The number of fused-ring (bicyclic) bond motifs is 1. The van der Waals surface area contributed by atoms with Crippen LogP contribution in [-0.2, 0) is 9.53 Å². The van der Waals surface area contributed by atoms with Gasteiger partial charge in [-0.25, -0.2) is 9.79 Å². The molecule has 1 aliphatic rings. The maximum Gasteiger partial charge on any atom is 0.338 e. The van der Waals surface area contributed by atoms with Crippen LogP contribution in [0.3, 0.4) is 0 Å². The summed E-state index contributed by atoms with van der Waals surface area (Å²) in [5, 5.41) is 0. The van der Waals surface area contributed by atoms with Gasteiger partial charge in [-0.3, -0.25) is 9.36 Å². The first-order chi connectivity index (χ1) is 20.1. The standard InChI is InChI=1S/C31H33BrN2O7S/c1-8-12-40-28-20(13-21(32)16-24(28)38-7)15-25-29(35)34-27(19-10-11-22(41-17(3)4)23(14-19)37-6)26(30(36)39-9-2)18(5)33-31(34)42-25/h8,10-11,13-17,27H,1,9,12H2,2-7H3/b25-15+/t27-/m1/s1. The molecule has 2 heterocycles. The SMILES string of the molecule is C=CCOc1c(/C=c2/sc3n(c2=O)[C@H](c2ccc(OC(C)C)c(OC)c2)C(C(=O)OCC)=C(C)N=3)cc(Br)cc1OC. The first-order valence-corrected chi connectivity index (χ1v) is 14.9. The molecule has 0 N–H and O–H groups in total. The molecule has 0 amide bonds. The first-order valence-electron chi connectivity index (χ1n) is 13.3. The monoisotopic (exact) mass is 656 g/mol. The highest BCUT2D eigenvalue weighted by Gasteiger charge is 2.34. The van der Waals surface area contributed by atoms with Gasteiger partial charge in [0.15, 0.2) is 27.8 Å². The predicted octanol–water partition coefficient (Wildman–Crippen LogP) is 4.93. The maximum atomic E-state index is 14.1. The van der Waals surface area contributed by atoms with E-state index in [9.17, 15) is 9.59 Å². The molecule has 0 saturated heterocycles. The number of benzene rings is 2. The normalized spacial score (nSPS) is 14.8. The fourth-order valence-electron chi connectivity index (χ4n) is 4.60. The number of halogens is 1. The van der Waals surface area contributed by atoms with Gasteiger partial charge in [0.05, 0.1) is 48.8 Å². The highest BCUT2D eigenvalue weighted by atomic mass is 79.9. The molecule has 0 fully saturated rings. The van der Waals surface area contributed by atoms with Crippen molar-refractivity contribution < 1.29 is 28.5 Å². The van der Waals surface area contributed by atoms with Gasteiger partial charge in [0, 0.05) is 10.0 Å². The molecule has 4 rings (SSSR count). The van der Waals surface area contributed by atoms with E-state index in [1.165, 1.54) is 15.9 Å². The number of rotatable bonds is 11. The Hall–Kier alpha value is -3.83. The second-order valence-corrected chi connectivity index (χ2v) is 11.4. The molecule has 11 heteroatoms. The zero-order valence-electron chi connectivity index (χ0n) is 24.4. The van der Waals surface area contributed by atoms with Crippen LogP contribution in [0.25, 0.3) is 6.08 Å². The topological polar surface area (TPSA) is 97.6 Å². The lowest BCUT2D eigenvalue weighted by atomic mass is 9.95. The molecule has 0 aliphatic carbocycles. The Morgan fingerprint density at radius 2 is 1.90 bits per heavy atom. The molecular formula is C31H33BrN2O7S. The van der Waals surface area contributed by atoms with Crippen molar-refractivity contribution in [2.75, 3.05) is 27.4 Å². The van der Waals surface area contributed by atoms with Crippen molar-refractivity contribution in [1.82, 2.24) is 4.57 Å². The van der Waals surface area contributed by atoms with Gasteiger partial charge >= 0.3 is 5.97 Å². The summed E-state index contributed by atoms with van der Waals surface area (Å²) >= 11 is 4.72. The third kappa shape index (κ3) is 6.32. The van der Waals surface area contributed by atoms with E-state index in [1.54, 1.807) is 58.4 Å². The molecule has 9 nitrogen and oxygen atoms in total. The Bertz CT molecular complexity index is 1720. The zero-order chi connectivity index (χ0) is 30.6. The Kier molecular flexibility index (Phi) is 9.95. The molecule has 1 aliphatic heterocycles. The average Bonchev–Trinajstić information content (AvgIpc) is 3.25. The van der Waals surface area contributed by atoms with Gasteiger partial charge in [-0.15, -0.1) is 0 Å². The second-order valence-electron chi connectivity index (χ2n) is 9.51. The largest absolute Gasteiger partial charge is 0.493 e. The summed E-state index contributed by atoms with van der Waals surface area (Å²) in [7, 11) is 3.09. The summed E-state index contributed by atoms with van der Waals surface area (Å²) in [5.74, 6) is 1.46. The van der Waals surface area contributed by atoms with Gasteiger partial charge in [-0.05, 0) is 63.6 Å². The van der Waals surface area contributed by atoms with Crippen LogP contribution in [0.5, 0.6) is 23.0 Å². The second kappa shape index (κ2) is 13.4. The van der Waals surface area contributed by atoms with E-state index >= 15 is 0 Å². The molecular weight excluding hydrogens is 624 g/mol. The fraction of sp³-hybridized carbons (Fsp3) is 0.323. The molecule has 3 aromatic rings. The van der Waals surface area contributed by atoms with Gasteiger partial charge in [0.2, 0.25) is 0 Å². The van der Waals surface area contributed by atoms with Crippen LogP contribution in [-0.4, -0.2) is 44.1 Å². The zero-order valence-corrected chi connectivity index (χ0v) is 26.8. The molecule has 1 aromatic heterocycles. The molecule has 42 heavy (non-hydrogen) atoms. The van der Waals surface area contributed by atoms with E-state index in [4.69, 9.17) is 23.7 Å². The minimum Gasteiger partial charge on any atom is -0.493 e. The fourth-order valence-corrected chi connectivity index (χ4v) is 6.09. The number of methoxy groups -OCH3 is 2. The molecule has 0 saturated carbocycles. The Morgan fingerprint density at radius 3 is 2.55 bits per heavy atom. The molecule has 222 valence electrons. The van der Waals surface area contributed by atoms with Crippen LogP contribution in [0.4, 0.5) is 0 Å². The summed E-state index contributed by atoms with van der Waals surface area (Å²) in [4.78, 5) is 32.5. The smallest absolute Gasteiger partial charge is 0.338 e. The van der Waals surface area contributed by atoms with Crippen molar-refractivity contribution in [3.8, 4) is 23.0 Å². The van der Waals surface area contributed by atoms with Crippen molar-refractivity contribution in [3.05, 3.63) is 89.5 Å². The lowest BCUT2D eigenvalue weighted by Gasteiger charge is -2.25. The number of nitrogens with zero attached hydrogens (tertiary/aromatic N) is 2. The first kappa shape index (κ1) is 31.1. The summed E-state index contributed by atoms with van der Waals surface area (Å²) in [5.41, 5.74) is 1.68. The van der Waals surface area contributed by atoms with Crippen molar-refractivity contribution in [1.29, 1.82) is 0 Å². The van der Waals surface area contributed by atoms with Gasteiger partial charge in [0.1, 0.15) is 6.61 Å². The summed E-state index contributed by atoms with van der Waals surface area (Å²) < 4.78 is 31.0. The third-order valence-corrected chi connectivity index (χ3v) is 7.72. The Morgan fingerprint density at radius 1 is 1.17 bits per heavy atom. The lowest BCUT2D eigenvalue weighted by Crippen LogP contribution is -2.40. The van der Waals surface area contributed by atoms with E-state index in [1.807, 2.05) is 26.0 Å². The van der Waals surface area contributed by atoms with Crippen LogP contribution >= 0.6 is 27.3 Å². The van der Waals surface area contributed by atoms with E-state index < -0.39 is 12.0 Å². The number of aromatic nitrogens is 1. The van der Waals surface area contributed by atoms with Gasteiger partial charge in [-0.2, -0.15) is 0 Å². The maximum absolute atomic E-state index is 14.1. The molecule has 0 radical (unpaired) electrons. The average molecular weight is 658 g/mol. The number of ether oxygens (including phenoxy) is 5.